The van der Waals surface area contributed by atoms with Crippen LogP contribution in [-0.4, -0.2) is 41.6 Å². The van der Waals surface area contributed by atoms with Crippen molar-refractivity contribution >= 4 is 12.0 Å². The fourth-order valence-electron chi connectivity index (χ4n) is 2.43. The first-order valence-corrected chi connectivity index (χ1v) is 6.88. The summed E-state index contributed by atoms with van der Waals surface area (Å²) in [6.07, 6.45) is 6.25. The van der Waals surface area contributed by atoms with Crippen LogP contribution in [0.1, 0.15) is 45.4 Å². The van der Waals surface area contributed by atoms with Gasteiger partial charge in [-0.25, -0.2) is 4.79 Å². The van der Waals surface area contributed by atoms with Crippen molar-refractivity contribution in [3.63, 3.8) is 0 Å². The number of rotatable bonds is 7. The number of nitrogens with zero attached hydrogens (tertiary/aromatic N) is 1. The van der Waals surface area contributed by atoms with Crippen LogP contribution in [0.25, 0.3) is 0 Å². The van der Waals surface area contributed by atoms with Crippen molar-refractivity contribution in [2.45, 2.75) is 45.4 Å². The van der Waals surface area contributed by atoms with Crippen LogP contribution in [0.2, 0.25) is 0 Å². The third-order valence-corrected chi connectivity index (χ3v) is 3.57. The zero-order valence-electron chi connectivity index (χ0n) is 11.2. The third-order valence-electron chi connectivity index (χ3n) is 3.57. The highest BCUT2D eigenvalue weighted by Crippen LogP contribution is 2.26. The lowest BCUT2D eigenvalue weighted by molar-refractivity contribution is -0.137. The zero-order chi connectivity index (χ0) is 13.4. The molecule has 5 nitrogen and oxygen atoms in total. The summed E-state index contributed by atoms with van der Waals surface area (Å²) in [4.78, 5) is 23.8. The standard InChI is InChI=1S/C13H24N2O3/c1-2-15(10-8-12(16)17)13(18)14-9-7-11-5-3-4-6-11/h11H,2-10H2,1H3,(H,14,18)(H,16,17). The van der Waals surface area contributed by atoms with Crippen LogP contribution in [0, 0.1) is 5.92 Å². The highest BCUT2D eigenvalue weighted by Gasteiger charge is 2.16. The van der Waals surface area contributed by atoms with Crippen LogP contribution in [0.3, 0.4) is 0 Å². The van der Waals surface area contributed by atoms with E-state index in [1.54, 1.807) is 4.90 Å². The van der Waals surface area contributed by atoms with Gasteiger partial charge in [-0.15, -0.1) is 0 Å². The van der Waals surface area contributed by atoms with E-state index in [4.69, 9.17) is 5.11 Å². The molecular weight excluding hydrogens is 232 g/mol. The van der Waals surface area contributed by atoms with Crippen molar-refractivity contribution in [1.82, 2.24) is 10.2 Å². The van der Waals surface area contributed by atoms with Gasteiger partial charge in [0, 0.05) is 19.6 Å². The maximum Gasteiger partial charge on any atom is 0.317 e. The summed E-state index contributed by atoms with van der Waals surface area (Å²) in [6.45, 7) is 3.38. The van der Waals surface area contributed by atoms with Crippen molar-refractivity contribution in [3.8, 4) is 0 Å². The molecule has 0 radical (unpaired) electrons. The van der Waals surface area contributed by atoms with E-state index >= 15 is 0 Å². The molecule has 1 rings (SSSR count). The number of nitrogens with one attached hydrogen (secondary N) is 1. The molecule has 0 saturated heterocycles. The Morgan fingerprint density at radius 1 is 1.33 bits per heavy atom. The first-order chi connectivity index (χ1) is 8.63. The highest BCUT2D eigenvalue weighted by molar-refractivity contribution is 5.75. The maximum absolute atomic E-state index is 11.8. The molecule has 0 unspecified atom stereocenters. The molecule has 0 aromatic heterocycles. The van der Waals surface area contributed by atoms with Crippen molar-refractivity contribution in [3.05, 3.63) is 0 Å². The molecule has 0 spiro atoms. The maximum atomic E-state index is 11.8. The fourth-order valence-corrected chi connectivity index (χ4v) is 2.43. The summed E-state index contributed by atoms with van der Waals surface area (Å²) in [5.74, 6) is -0.105. The van der Waals surface area contributed by atoms with Crippen molar-refractivity contribution < 1.29 is 14.7 Å². The van der Waals surface area contributed by atoms with Crippen LogP contribution >= 0.6 is 0 Å². The second-order valence-corrected chi connectivity index (χ2v) is 4.89. The quantitative estimate of drug-likeness (QED) is 0.732. The van der Waals surface area contributed by atoms with Crippen LogP contribution in [0.5, 0.6) is 0 Å². The lowest BCUT2D eigenvalue weighted by atomic mass is 10.0. The van der Waals surface area contributed by atoms with Crippen molar-refractivity contribution in [2.75, 3.05) is 19.6 Å². The molecule has 18 heavy (non-hydrogen) atoms. The summed E-state index contributed by atoms with van der Waals surface area (Å²) >= 11 is 0. The van der Waals surface area contributed by atoms with Gasteiger partial charge in [0.25, 0.3) is 0 Å². The fraction of sp³-hybridized carbons (Fsp3) is 0.846. The first kappa shape index (κ1) is 14.8. The van der Waals surface area contributed by atoms with E-state index in [0.717, 1.165) is 12.3 Å². The Balaban J connectivity index is 2.17. The van der Waals surface area contributed by atoms with Gasteiger partial charge in [0.2, 0.25) is 0 Å². The summed E-state index contributed by atoms with van der Waals surface area (Å²) in [5, 5.41) is 11.5. The second kappa shape index (κ2) is 7.95. The van der Waals surface area contributed by atoms with E-state index in [1.807, 2.05) is 6.92 Å². The topological polar surface area (TPSA) is 69.6 Å². The van der Waals surface area contributed by atoms with Crippen molar-refractivity contribution in [1.29, 1.82) is 0 Å². The third kappa shape index (κ3) is 5.38. The van der Waals surface area contributed by atoms with E-state index in [0.29, 0.717) is 13.1 Å². The predicted molar refractivity (Wildman–Crippen MR) is 69.5 cm³/mol. The van der Waals surface area contributed by atoms with Gasteiger partial charge in [0.15, 0.2) is 0 Å². The van der Waals surface area contributed by atoms with Crippen LogP contribution in [0.15, 0.2) is 0 Å². The summed E-state index contributed by atoms with van der Waals surface area (Å²) in [6, 6.07) is -0.142. The van der Waals surface area contributed by atoms with E-state index in [9.17, 15) is 9.59 Å². The number of carboxylic acid groups (broad SMARTS) is 1. The minimum atomic E-state index is -0.868. The minimum Gasteiger partial charge on any atom is -0.481 e. The molecule has 0 aromatic rings. The number of aliphatic carboxylic acids is 1. The molecule has 0 aliphatic heterocycles. The first-order valence-electron chi connectivity index (χ1n) is 6.88. The number of carbonyl (C=O) groups excluding carboxylic acids is 1. The Kier molecular flexibility index (Phi) is 6.54. The number of urea groups is 1. The average molecular weight is 256 g/mol. The molecule has 2 N–H and O–H groups in total. The lowest BCUT2D eigenvalue weighted by Crippen LogP contribution is -2.41. The van der Waals surface area contributed by atoms with E-state index in [1.165, 1.54) is 25.7 Å². The van der Waals surface area contributed by atoms with Gasteiger partial charge in [0.1, 0.15) is 0 Å². The van der Waals surface area contributed by atoms with Crippen LogP contribution in [0.4, 0.5) is 4.79 Å². The Labute approximate surface area is 109 Å². The predicted octanol–water partition coefficient (Wildman–Crippen LogP) is 2.07. The number of carbonyl (C=O) groups is 2. The summed E-state index contributed by atoms with van der Waals surface area (Å²) in [5.41, 5.74) is 0. The molecular formula is C13H24N2O3. The van der Waals surface area contributed by atoms with Gasteiger partial charge >= 0.3 is 12.0 Å². The Hall–Kier alpha value is -1.26. The molecule has 0 atom stereocenters. The highest BCUT2D eigenvalue weighted by atomic mass is 16.4. The SMILES string of the molecule is CCN(CCC(=O)O)C(=O)NCCC1CCCC1. The molecule has 1 aliphatic rings. The molecule has 2 amide bonds. The Morgan fingerprint density at radius 2 is 2.00 bits per heavy atom. The second-order valence-electron chi connectivity index (χ2n) is 4.89. The van der Waals surface area contributed by atoms with Gasteiger partial charge < -0.3 is 15.3 Å². The number of amides is 2. The minimum absolute atomic E-state index is 0.00385. The molecule has 0 aromatic carbocycles. The van der Waals surface area contributed by atoms with Gasteiger partial charge in [-0.2, -0.15) is 0 Å². The van der Waals surface area contributed by atoms with Crippen molar-refractivity contribution in [2.24, 2.45) is 5.92 Å². The molecule has 0 bridgehead atoms. The normalized spacial score (nSPS) is 15.6. The molecule has 104 valence electrons. The van der Waals surface area contributed by atoms with E-state index < -0.39 is 5.97 Å². The number of hydrogen-bond donors (Lipinski definition) is 2. The smallest absolute Gasteiger partial charge is 0.317 e. The van der Waals surface area contributed by atoms with Gasteiger partial charge in [0.05, 0.1) is 6.42 Å². The Bertz CT molecular complexity index is 275. The van der Waals surface area contributed by atoms with Gasteiger partial charge in [-0.05, 0) is 19.3 Å². The monoisotopic (exact) mass is 256 g/mol. The van der Waals surface area contributed by atoms with E-state index in [2.05, 4.69) is 5.32 Å². The largest absolute Gasteiger partial charge is 0.481 e. The molecule has 1 fully saturated rings. The number of carboxylic acids is 1. The molecule has 0 heterocycles. The summed E-state index contributed by atoms with van der Waals surface area (Å²) < 4.78 is 0. The number of hydrogen-bond acceptors (Lipinski definition) is 2. The zero-order valence-corrected chi connectivity index (χ0v) is 11.2. The average Bonchev–Trinajstić information content (AvgIpc) is 2.82. The molecule has 1 aliphatic carbocycles. The van der Waals surface area contributed by atoms with Gasteiger partial charge in [-0.3, -0.25) is 4.79 Å². The molecule has 1 saturated carbocycles. The van der Waals surface area contributed by atoms with E-state index in [-0.39, 0.29) is 19.0 Å². The van der Waals surface area contributed by atoms with Crippen LogP contribution < -0.4 is 5.32 Å². The molecule has 5 heteroatoms. The van der Waals surface area contributed by atoms with Gasteiger partial charge in [-0.1, -0.05) is 25.7 Å². The summed E-state index contributed by atoms with van der Waals surface area (Å²) in [7, 11) is 0. The van der Waals surface area contributed by atoms with Crippen LogP contribution in [-0.2, 0) is 4.79 Å². The lowest BCUT2D eigenvalue weighted by Gasteiger charge is -2.21. The Morgan fingerprint density at radius 3 is 2.56 bits per heavy atom.